The molecule has 262 valence electrons. The van der Waals surface area contributed by atoms with Crippen molar-refractivity contribution in [1.29, 1.82) is 0 Å². The van der Waals surface area contributed by atoms with Crippen LogP contribution in [0.1, 0.15) is 106 Å². The molecule has 5 fully saturated rings. The second-order valence-electron chi connectivity index (χ2n) is 17.9. The Morgan fingerprint density at radius 1 is 0.891 bits per heavy atom. The third-order valence-corrected chi connectivity index (χ3v) is 15.5. The third kappa shape index (κ3) is 4.68. The highest BCUT2D eigenvalue weighted by Crippen LogP contribution is 2.76. The fourth-order valence-electron chi connectivity index (χ4n) is 12.4. The van der Waals surface area contributed by atoms with Gasteiger partial charge < -0.3 is 39.7 Å². The van der Waals surface area contributed by atoms with Gasteiger partial charge in [-0.2, -0.15) is 0 Å². The maximum atomic E-state index is 13.5. The van der Waals surface area contributed by atoms with E-state index in [0.717, 1.165) is 57.8 Å². The van der Waals surface area contributed by atoms with E-state index in [1.807, 2.05) is 0 Å². The molecule has 9 nitrogen and oxygen atoms in total. The van der Waals surface area contributed by atoms with Gasteiger partial charge in [0.15, 0.2) is 6.29 Å². The van der Waals surface area contributed by atoms with Crippen LogP contribution in [0.15, 0.2) is 11.6 Å². The summed E-state index contributed by atoms with van der Waals surface area (Å²) >= 11 is 0. The van der Waals surface area contributed by atoms with Crippen LogP contribution in [0.25, 0.3) is 0 Å². The highest BCUT2D eigenvalue weighted by molar-refractivity contribution is 5.78. The van der Waals surface area contributed by atoms with Crippen molar-refractivity contribution in [2.24, 2.45) is 50.2 Å². The summed E-state index contributed by atoms with van der Waals surface area (Å²) in [5.74, 6) is 0.692. The van der Waals surface area contributed by atoms with Gasteiger partial charge in [-0.25, -0.2) is 0 Å². The lowest BCUT2D eigenvalue weighted by Gasteiger charge is -2.71. The molecule has 14 atom stereocenters. The van der Waals surface area contributed by atoms with E-state index < -0.39 is 54.2 Å². The zero-order valence-corrected chi connectivity index (χ0v) is 29.1. The van der Waals surface area contributed by atoms with Gasteiger partial charge >= 0.3 is 5.97 Å². The first-order valence-electron chi connectivity index (χ1n) is 17.8. The molecule has 0 unspecified atom stereocenters. The minimum Gasteiger partial charge on any atom is -0.469 e. The van der Waals surface area contributed by atoms with E-state index in [4.69, 9.17) is 14.2 Å². The lowest BCUT2D eigenvalue weighted by Crippen LogP contribution is -2.67. The van der Waals surface area contributed by atoms with Gasteiger partial charge in [0.25, 0.3) is 0 Å². The fraction of sp³-hybridized carbons (Fsp3) is 0.919. The Labute approximate surface area is 275 Å². The molecular weight excluding hydrogens is 588 g/mol. The number of methoxy groups -OCH3 is 1. The Kier molecular flexibility index (Phi) is 8.69. The highest BCUT2D eigenvalue weighted by atomic mass is 16.7. The van der Waals surface area contributed by atoms with Gasteiger partial charge in [0.2, 0.25) is 0 Å². The van der Waals surface area contributed by atoms with E-state index in [1.54, 1.807) is 7.11 Å². The Morgan fingerprint density at radius 3 is 2.24 bits per heavy atom. The van der Waals surface area contributed by atoms with E-state index in [-0.39, 0.29) is 46.1 Å². The van der Waals surface area contributed by atoms with Crippen LogP contribution in [-0.2, 0) is 19.0 Å². The molecule has 4 saturated carbocycles. The average molecular weight is 649 g/mol. The second-order valence-corrected chi connectivity index (χ2v) is 17.9. The maximum absolute atomic E-state index is 13.5. The Hall–Kier alpha value is -1.07. The van der Waals surface area contributed by atoms with Crippen LogP contribution in [0.3, 0.4) is 0 Å². The molecule has 0 bridgehead atoms. The number of hydrogen-bond acceptors (Lipinski definition) is 9. The SMILES string of the molecule is COC(=O)[C@]12CCC(C)(C)C[C@H]1C1=CC[C@@H]3[C@@]4(C)CC[C@H](O[C@@H]5O[C@H](CO)[C@@H](O)[C@H](O)[C@H]5O)[C@@](C)(CO)[C@@H]4CC[C@@]3(C)[C@]1(C)CC2. The van der Waals surface area contributed by atoms with Crippen molar-refractivity contribution in [3.05, 3.63) is 11.6 Å². The molecule has 6 rings (SSSR count). The molecule has 0 spiro atoms. The van der Waals surface area contributed by atoms with Crippen LogP contribution in [0.5, 0.6) is 0 Å². The molecule has 0 amide bonds. The quantitative estimate of drug-likeness (QED) is 0.169. The van der Waals surface area contributed by atoms with Crippen LogP contribution in [0, 0.1) is 50.2 Å². The number of carbonyl (C=O) groups is 1. The summed E-state index contributed by atoms with van der Waals surface area (Å²) in [5.41, 5.74) is 0.500. The zero-order valence-electron chi connectivity index (χ0n) is 29.1. The number of ether oxygens (including phenoxy) is 3. The molecule has 5 N–H and O–H groups in total. The molecule has 0 aromatic carbocycles. The summed E-state index contributed by atoms with van der Waals surface area (Å²) in [6.07, 6.45) is 4.57. The van der Waals surface area contributed by atoms with Crippen molar-refractivity contribution in [3.8, 4) is 0 Å². The number of aliphatic hydroxyl groups excluding tert-OH is 5. The Morgan fingerprint density at radius 2 is 1.59 bits per heavy atom. The Balaban J connectivity index is 1.31. The number of fused-ring (bicyclic) bond motifs is 7. The third-order valence-electron chi connectivity index (χ3n) is 15.5. The first kappa shape index (κ1) is 34.8. The number of esters is 1. The summed E-state index contributed by atoms with van der Waals surface area (Å²) in [7, 11) is 1.55. The summed E-state index contributed by atoms with van der Waals surface area (Å²) < 4.78 is 17.7. The van der Waals surface area contributed by atoms with Gasteiger partial charge in [-0.15, -0.1) is 0 Å². The van der Waals surface area contributed by atoms with Crippen LogP contribution in [0.2, 0.25) is 0 Å². The minimum atomic E-state index is -1.51. The number of carbonyl (C=O) groups excluding carboxylic acids is 1. The highest BCUT2D eigenvalue weighted by Gasteiger charge is 2.70. The van der Waals surface area contributed by atoms with Gasteiger partial charge in [-0.05, 0) is 104 Å². The van der Waals surface area contributed by atoms with Crippen molar-refractivity contribution in [1.82, 2.24) is 0 Å². The van der Waals surface area contributed by atoms with Crippen LogP contribution < -0.4 is 0 Å². The predicted molar refractivity (Wildman–Crippen MR) is 171 cm³/mol. The van der Waals surface area contributed by atoms with Gasteiger partial charge in [0.1, 0.15) is 24.4 Å². The smallest absolute Gasteiger partial charge is 0.312 e. The van der Waals surface area contributed by atoms with Gasteiger partial charge in [-0.1, -0.05) is 53.2 Å². The van der Waals surface area contributed by atoms with Crippen molar-refractivity contribution < 1.29 is 44.5 Å². The van der Waals surface area contributed by atoms with Crippen LogP contribution in [0.4, 0.5) is 0 Å². The largest absolute Gasteiger partial charge is 0.469 e. The number of hydrogen-bond donors (Lipinski definition) is 5. The molecular formula is C37H60O9. The van der Waals surface area contributed by atoms with Gasteiger partial charge in [0, 0.05) is 5.41 Å². The zero-order chi connectivity index (χ0) is 33.7. The number of aliphatic hydroxyl groups is 5. The molecule has 0 aromatic rings. The molecule has 0 radical (unpaired) electrons. The topological polar surface area (TPSA) is 146 Å². The molecule has 0 aromatic heterocycles. The maximum Gasteiger partial charge on any atom is 0.312 e. The van der Waals surface area contributed by atoms with E-state index in [9.17, 15) is 30.3 Å². The van der Waals surface area contributed by atoms with E-state index >= 15 is 0 Å². The second kappa shape index (κ2) is 11.5. The lowest BCUT2D eigenvalue weighted by molar-refractivity contribution is -0.333. The van der Waals surface area contributed by atoms with Crippen molar-refractivity contribution in [2.45, 2.75) is 143 Å². The Bertz CT molecular complexity index is 1220. The van der Waals surface area contributed by atoms with Crippen LogP contribution in [-0.4, -0.2) is 88.6 Å². The summed E-state index contributed by atoms with van der Waals surface area (Å²) in [6.45, 7) is 13.6. The molecule has 46 heavy (non-hydrogen) atoms. The van der Waals surface area contributed by atoms with Gasteiger partial charge in [0.05, 0.1) is 31.8 Å². The standard InChI is InChI=1S/C37H60O9/c1-32(2)14-16-37(31(43)44-7)17-15-35(5)21(22(37)18-32)8-9-25-33(3)12-11-26(34(4,20-39)24(33)10-13-36(25,35)6)46-30-29(42)28(41)27(40)23(19-38)45-30/h8,22-30,38-42H,9-20H2,1-7H3/t22-,23+,24+,25+,26-,27+,28-,29+,30-,33-,34-,35+,36+,37-/m0/s1. The number of rotatable bonds is 5. The summed E-state index contributed by atoms with van der Waals surface area (Å²) in [5, 5.41) is 52.2. The molecule has 1 saturated heterocycles. The molecule has 6 aliphatic rings. The summed E-state index contributed by atoms with van der Waals surface area (Å²) in [4.78, 5) is 13.5. The number of allylic oxidation sites excluding steroid dienone is 2. The van der Waals surface area contributed by atoms with Gasteiger partial charge in [-0.3, -0.25) is 4.79 Å². The van der Waals surface area contributed by atoms with E-state index in [0.29, 0.717) is 12.3 Å². The minimum absolute atomic E-state index is 0.0214. The lowest BCUT2D eigenvalue weighted by atomic mass is 9.33. The van der Waals surface area contributed by atoms with Crippen molar-refractivity contribution in [3.63, 3.8) is 0 Å². The van der Waals surface area contributed by atoms with Crippen molar-refractivity contribution >= 4 is 5.97 Å². The molecule has 1 aliphatic heterocycles. The normalized spacial score (nSPS) is 53.1. The molecule has 5 aliphatic carbocycles. The summed E-state index contributed by atoms with van der Waals surface area (Å²) in [6, 6.07) is 0. The molecule has 1 heterocycles. The van der Waals surface area contributed by atoms with Crippen LogP contribution >= 0.6 is 0 Å². The monoisotopic (exact) mass is 648 g/mol. The van der Waals surface area contributed by atoms with E-state index in [2.05, 4.69) is 47.6 Å². The first-order valence-corrected chi connectivity index (χ1v) is 17.8. The van der Waals surface area contributed by atoms with Crippen molar-refractivity contribution in [2.75, 3.05) is 20.3 Å². The first-order chi connectivity index (χ1) is 21.5. The average Bonchev–Trinajstić information content (AvgIpc) is 3.02. The predicted octanol–water partition coefficient (Wildman–Crippen LogP) is 4.12. The van der Waals surface area contributed by atoms with E-state index in [1.165, 1.54) is 5.57 Å². The molecule has 9 heteroatoms. The fourth-order valence-corrected chi connectivity index (χ4v) is 12.4.